The van der Waals surface area contributed by atoms with Gasteiger partial charge in [-0.05, 0) is 24.3 Å². The van der Waals surface area contributed by atoms with Crippen LogP contribution >= 0.6 is 0 Å². The fourth-order valence-corrected chi connectivity index (χ4v) is 3.15. The minimum absolute atomic E-state index is 0.190. The second kappa shape index (κ2) is 6.86. The number of hydrogen-bond donors (Lipinski definition) is 2. The molecule has 2 bridgehead atoms. The Hall–Kier alpha value is -1.99. The molecule has 2 fully saturated rings. The van der Waals surface area contributed by atoms with Crippen LogP contribution in [0.1, 0.15) is 5.69 Å². The Morgan fingerprint density at radius 2 is 2.00 bits per heavy atom. The van der Waals surface area contributed by atoms with Gasteiger partial charge in [-0.2, -0.15) is 0 Å². The highest BCUT2D eigenvalue weighted by Crippen LogP contribution is 2.31. The molecule has 0 radical (unpaired) electrons. The van der Waals surface area contributed by atoms with Gasteiger partial charge in [-0.1, -0.05) is 24.3 Å². The number of fused-ring (bicyclic) bond motifs is 2. The fraction of sp³-hybridized carbons (Fsp3) is 0.389. The van der Waals surface area contributed by atoms with Crippen molar-refractivity contribution in [3.05, 3.63) is 60.4 Å². The monoisotopic (exact) mass is 328 g/mol. The van der Waals surface area contributed by atoms with E-state index < -0.39 is 18.5 Å². The SMILES string of the molecule is O[C@H]1[C@H](NCc2ccccn2)[C@@H]2CO[C@H](O2)[C@H]1Oc1ccccc1. The Morgan fingerprint density at radius 1 is 1.17 bits per heavy atom. The smallest absolute Gasteiger partial charge is 0.197 e. The normalized spacial score (nSPS) is 31.8. The number of benzene rings is 1. The molecule has 0 saturated carbocycles. The molecule has 1 aromatic carbocycles. The number of aromatic nitrogens is 1. The Balaban J connectivity index is 1.46. The third-order valence-corrected chi connectivity index (χ3v) is 4.37. The molecular formula is C18H20N2O4. The Bertz CT molecular complexity index is 655. The van der Waals surface area contributed by atoms with Crippen LogP contribution in [-0.4, -0.2) is 47.3 Å². The van der Waals surface area contributed by atoms with Crippen LogP contribution in [-0.2, 0) is 16.0 Å². The van der Waals surface area contributed by atoms with Crippen LogP contribution in [0.2, 0.25) is 0 Å². The lowest BCUT2D eigenvalue weighted by atomic mass is 9.97. The number of nitrogens with one attached hydrogen (secondary N) is 1. The first-order valence-electron chi connectivity index (χ1n) is 8.11. The summed E-state index contributed by atoms with van der Waals surface area (Å²) in [6, 6.07) is 14.9. The fourth-order valence-electron chi connectivity index (χ4n) is 3.15. The van der Waals surface area contributed by atoms with E-state index in [1.807, 2.05) is 48.5 Å². The second-order valence-electron chi connectivity index (χ2n) is 5.99. The number of para-hydroxylation sites is 1. The van der Waals surface area contributed by atoms with Crippen LogP contribution in [0.5, 0.6) is 5.75 Å². The lowest BCUT2D eigenvalue weighted by Gasteiger charge is -2.38. The largest absolute Gasteiger partial charge is 0.482 e. The third kappa shape index (κ3) is 3.14. The predicted octanol–water partition coefficient (Wildman–Crippen LogP) is 1.10. The summed E-state index contributed by atoms with van der Waals surface area (Å²) < 4.78 is 17.4. The van der Waals surface area contributed by atoms with Gasteiger partial charge in [0.1, 0.15) is 18.0 Å². The van der Waals surface area contributed by atoms with Gasteiger partial charge in [0.25, 0.3) is 0 Å². The number of rotatable bonds is 5. The lowest BCUT2D eigenvalue weighted by molar-refractivity contribution is -0.193. The van der Waals surface area contributed by atoms with Crippen molar-refractivity contribution < 1.29 is 19.3 Å². The van der Waals surface area contributed by atoms with Crippen molar-refractivity contribution in [3.8, 4) is 5.75 Å². The number of nitrogens with zero attached hydrogens (tertiary/aromatic N) is 1. The summed E-state index contributed by atoms with van der Waals surface area (Å²) >= 11 is 0. The zero-order chi connectivity index (χ0) is 16.4. The number of hydrogen-bond acceptors (Lipinski definition) is 6. The van der Waals surface area contributed by atoms with Gasteiger partial charge in [0.2, 0.25) is 0 Å². The second-order valence-corrected chi connectivity index (χ2v) is 5.99. The van der Waals surface area contributed by atoms with E-state index >= 15 is 0 Å². The van der Waals surface area contributed by atoms with Gasteiger partial charge in [-0.25, -0.2) is 0 Å². The van der Waals surface area contributed by atoms with Gasteiger partial charge in [0.15, 0.2) is 12.4 Å². The van der Waals surface area contributed by atoms with Crippen LogP contribution in [0.15, 0.2) is 54.7 Å². The molecule has 6 nitrogen and oxygen atoms in total. The third-order valence-electron chi connectivity index (χ3n) is 4.37. The highest BCUT2D eigenvalue weighted by molar-refractivity contribution is 5.22. The van der Waals surface area contributed by atoms with Crippen molar-refractivity contribution in [1.29, 1.82) is 0 Å². The van der Waals surface area contributed by atoms with Crippen molar-refractivity contribution in [3.63, 3.8) is 0 Å². The summed E-state index contributed by atoms with van der Waals surface area (Å²) in [5.41, 5.74) is 0.909. The quantitative estimate of drug-likeness (QED) is 0.856. The minimum atomic E-state index is -0.736. The van der Waals surface area contributed by atoms with E-state index in [1.165, 1.54) is 0 Å². The number of pyridine rings is 1. The summed E-state index contributed by atoms with van der Waals surface area (Å²) in [7, 11) is 0. The molecule has 3 heterocycles. The van der Waals surface area contributed by atoms with Gasteiger partial charge in [0.05, 0.1) is 18.3 Å². The van der Waals surface area contributed by atoms with Gasteiger partial charge < -0.3 is 24.6 Å². The first-order chi connectivity index (χ1) is 11.8. The number of aliphatic hydroxyl groups excluding tert-OH is 1. The Morgan fingerprint density at radius 3 is 2.79 bits per heavy atom. The molecule has 2 aliphatic rings. The molecule has 126 valence electrons. The molecular weight excluding hydrogens is 308 g/mol. The molecule has 2 saturated heterocycles. The average molecular weight is 328 g/mol. The first kappa shape index (κ1) is 15.5. The number of aliphatic hydroxyl groups is 1. The maximum absolute atomic E-state index is 10.8. The molecule has 6 heteroatoms. The van der Waals surface area contributed by atoms with Gasteiger partial charge in [-0.3, -0.25) is 4.98 Å². The molecule has 2 aromatic rings. The van der Waals surface area contributed by atoms with Crippen LogP contribution in [0.3, 0.4) is 0 Å². The Labute approximate surface area is 140 Å². The van der Waals surface area contributed by atoms with E-state index in [-0.39, 0.29) is 12.1 Å². The molecule has 4 rings (SSSR count). The zero-order valence-electron chi connectivity index (χ0n) is 13.1. The summed E-state index contributed by atoms with van der Waals surface area (Å²) in [6.07, 6.45) is -0.295. The molecule has 0 amide bonds. The van der Waals surface area contributed by atoms with E-state index in [4.69, 9.17) is 14.2 Å². The number of ether oxygens (including phenoxy) is 3. The molecule has 0 aliphatic carbocycles. The summed E-state index contributed by atoms with van der Waals surface area (Å²) in [6.45, 7) is 0.988. The van der Waals surface area contributed by atoms with E-state index in [0.717, 1.165) is 5.69 Å². The van der Waals surface area contributed by atoms with Gasteiger partial charge in [-0.15, -0.1) is 0 Å². The van der Waals surface area contributed by atoms with Crippen molar-refractivity contribution in [1.82, 2.24) is 10.3 Å². The summed E-state index contributed by atoms with van der Waals surface area (Å²) in [4.78, 5) is 4.29. The standard InChI is InChI=1S/C18H20N2O4/c21-16-15(20-10-12-6-4-5-9-19-12)14-11-22-18(24-14)17(16)23-13-7-2-1-3-8-13/h1-9,14-18,20-21H,10-11H2/t14-,15+,16-,17-,18+/m0/s1. The molecule has 24 heavy (non-hydrogen) atoms. The highest BCUT2D eigenvalue weighted by atomic mass is 16.7. The zero-order valence-corrected chi connectivity index (χ0v) is 13.1. The summed E-state index contributed by atoms with van der Waals surface area (Å²) in [5.74, 6) is 0.683. The summed E-state index contributed by atoms with van der Waals surface area (Å²) in [5, 5.41) is 14.1. The first-order valence-corrected chi connectivity index (χ1v) is 8.11. The highest BCUT2D eigenvalue weighted by Gasteiger charge is 2.51. The van der Waals surface area contributed by atoms with Crippen molar-refractivity contribution in [2.45, 2.75) is 37.2 Å². The van der Waals surface area contributed by atoms with E-state index in [0.29, 0.717) is 18.9 Å². The molecule has 2 aliphatic heterocycles. The van der Waals surface area contributed by atoms with Gasteiger partial charge >= 0.3 is 0 Å². The van der Waals surface area contributed by atoms with E-state index in [9.17, 15) is 5.11 Å². The molecule has 2 N–H and O–H groups in total. The molecule has 0 spiro atoms. The van der Waals surface area contributed by atoms with Crippen LogP contribution in [0, 0.1) is 0 Å². The van der Waals surface area contributed by atoms with Crippen molar-refractivity contribution >= 4 is 0 Å². The Kier molecular flexibility index (Phi) is 4.44. The topological polar surface area (TPSA) is 72.8 Å². The van der Waals surface area contributed by atoms with E-state index in [1.54, 1.807) is 6.20 Å². The maximum atomic E-state index is 10.8. The predicted molar refractivity (Wildman–Crippen MR) is 86.3 cm³/mol. The maximum Gasteiger partial charge on any atom is 0.197 e. The van der Waals surface area contributed by atoms with Gasteiger partial charge in [0, 0.05) is 12.7 Å². The lowest BCUT2D eigenvalue weighted by Crippen LogP contribution is -2.61. The van der Waals surface area contributed by atoms with Crippen LogP contribution in [0.25, 0.3) is 0 Å². The van der Waals surface area contributed by atoms with Crippen molar-refractivity contribution in [2.24, 2.45) is 0 Å². The van der Waals surface area contributed by atoms with Crippen LogP contribution in [0.4, 0.5) is 0 Å². The van der Waals surface area contributed by atoms with Crippen molar-refractivity contribution in [2.75, 3.05) is 6.61 Å². The molecule has 5 atom stereocenters. The van der Waals surface area contributed by atoms with Crippen LogP contribution < -0.4 is 10.1 Å². The molecule has 1 aromatic heterocycles. The minimum Gasteiger partial charge on any atom is -0.482 e. The van der Waals surface area contributed by atoms with E-state index in [2.05, 4.69) is 10.3 Å². The molecule has 0 unspecified atom stereocenters. The average Bonchev–Trinajstić information content (AvgIpc) is 3.06.